The lowest BCUT2D eigenvalue weighted by Crippen LogP contribution is -2.30. The maximum absolute atomic E-state index is 12.6. The van der Waals surface area contributed by atoms with Crippen molar-refractivity contribution in [2.75, 3.05) is 0 Å². The first-order valence-corrected chi connectivity index (χ1v) is 8.81. The second kappa shape index (κ2) is 6.83. The molecule has 0 spiro atoms. The summed E-state index contributed by atoms with van der Waals surface area (Å²) in [7, 11) is 0. The van der Waals surface area contributed by atoms with Gasteiger partial charge in [-0.3, -0.25) is 19.3 Å². The van der Waals surface area contributed by atoms with E-state index in [2.05, 4.69) is 0 Å². The second-order valence-corrected chi connectivity index (χ2v) is 6.64. The molecule has 7 nitrogen and oxygen atoms in total. The van der Waals surface area contributed by atoms with E-state index < -0.39 is 23.9 Å². The second-order valence-electron chi connectivity index (χ2n) is 6.64. The molecule has 2 aromatic rings. The lowest BCUT2D eigenvalue weighted by Gasteiger charge is -2.20. The quantitative estimate of drug-likeness (QED) is 0.609. The summed E-state index contributed by atoms with van der Waals surface area (Å²) in [5, 5.41) is 0. The van der Waals surface area contributed by atoms with E-state index in [0.717, 1.165) is 17.7 Å². The van der Waals surface area contributed by atoms with Gasteiger partial charge in [0, 0.05) is 6.42 Å². The normalized spacial score (nSPS) is 19.3. The summed E-state index contributed by atoms with van der Waals surface area (Å²) in [6.45, 7) is 0.0235. The number of nitrogens with zero attached hydrogens (tertiary/aromatic N) is 1. The fourth-order valence-corrected chi connectivity index (χ4v) is 3.39. The summed E-state index contributed by atoms with van der Waals surface area (Å²) in [5.74, 6) is -1.18. The highest BCUT2D eigenvalue weighted by Crippen LogP contribution is 2.27. The number of ketones is 1. The van der Waals surface area contributed by atoms with Crippen LogP contribution in [-0.4, -0.2) is 34.6 Å². The maximum atomic E-state index is 12.6. The summed E-state index contributed by atoms with van der Waals surface area (Å²) in [4.78, 5) is 50.4. The third-order valence-corrected chi connectivity index (χ3v) is 4.85. The molecule has 1 fully saturated rings. The maximum Gasteiger partial charge on any atom is 0.338 e. The number of Topliss-reactive ketones (excluding diaryl/α,β-unsaturated/α-hetero) is 1. The first-order valence-electron chi connectivity index (χ1n) is 8.81. The van der Waals surface area contributed by atoms with Crippen molar-refractivity contribution in [3.05, 3.63) is 59.0 Å². The molecule has 1 aromatic heterocycles. The Morgan fingerprint density at radius 1 is 1.11 bits per heavy atom. The Kier molecular flexibility index (Phi) is 4.35. The molecule has 1 aliphatic heterocycles. The minimum Gasteiger partial charge on any atom is -0.467 e. The molecule has 0 N–H and O–H groups in total. The van der Waals surface area contributed by atoms with Crippen molar-refractivity contribution in [2.45, 2.75) is 38.3 Å². The van der Waals surface area contributed by atoms with Gasteiger partial charge in [0.1, 0.15) is 5.76 Å². The topological polar surface area (TPSA) is 93.9 Å². The van der Waals surface area contributed by atoms with Crippen LogP contribution in [0.4, 0.5) is 0 Å². The first-order chi connectivity index (χ1) is 13.0. The number of esters is 1. The van der Waals surface area contributed by atoms with Gasteiger partial charge in [0.25, 0.3) is 11.8 Å². The van der Waals surface area contributed by atoms with Crippen LogP contribution in [0.25, 0.3) is 0 Å². The van der Waals surface area contributed by atoms with E-state index in [1.807, 2.05) is 0 Å². The van der Waals surface area contributed by atoms with Crippen molar-refractivity contribution < 1.29 is 28.3 Å². The average Bonchev–Trinajstić information content (AvgIpc) is 3.26. The number of fused-ring (bicyclic) bond motifs is 1. The first kappa shape index (κ1) is 17.2. The van der Waals surface area contributed by atoms with Gasteiger partial charge < -0.3 is 9.15 Å². The number of hydrogen-bond donors (Lipinski definition) is 0. The molecule has 0 saturated heterocycles. The lowest BCUT2D eigenvalue weighted by molar-refractivity contribution is -0.129. The van der Waals surface area contributed by atoms with Gasteiger partial charge >= 0.3 is 5.97 Å². The van der Waals surface area contributed by atoms with Crippen molar-refractivity contribution in [2.24, 2.45) is 0 Å². The summed E-state index contributed by atoms with van der Waals surface area (Å²) >= 11 is 0. The highest BCUT2D eigenvalue weighted by atomic mass is 16.5. The number of furan rings is 1. The number of hydrogen-bond acceptors (Lipinski definition) is 6. The fourth-order valence-electron chi connectivity index (χ4n) is 3.39. The molecule has 1 atom stereocenters. The van der Waals surface area contributed by atoms with Gasteiger partial charge in [-0.25, -0.2) is 4.79 Å². The standard InChI is InChI=1S/C20H17NO6/c22-16-5-1-2-6-17(16)27-20(25)12-7-8-14-15(10-12)19(24)21(18(14)23)11-13-4-3-9-26-13/h3-4,7-10,17H,1-2,5-6,11H2/t17-/m1/s1. The zero-order chi connectivity index (χ0) is 19.0. The largest absolute Gasteiger partial charge is 0.467 e. The average molecular weight is 367 g/mol. The van der Waals surface area contributed by atoms with Crippen LogP contribution < -0.4 is 0 Å². The monoisotopic (exact) mass is 367 g/mol. The van der Waals surface area contributed by atoms with E-state index in [-0.39, 0.29) is 29.0 Å². The van der Waals surface area contributed by atoms with E-state index >= 15 is 0 Å². The number of benzene rings is 1. The van der Waals surface area contributed by atoms with E-state index in [4.69, 9.17) is 9.15 Å². The van der Waals surface area contributed by atoms with Crippen LogP contribution in [0.3, 0.4) is 0 Å². The Labute approximate surface area is 154 Å². The Balaban J connectivity index is 1.53. The fraction of sp³-hybridized carbons (Fsp3) is 0.300. The van der Waals surface area contributed by atoms with Gasteiger partial charge in [-0.2, -0.15) is 0 Å². The molecule has 27 heavy (non-hydrogen) atoms. The molecule has 0 radical (unpaired) electrons. The van der Waals surface area contributed by atoms with Crippen LogP contribution in [0.1, 0.15) is 62.5 Å². The Morgan fingerprint density at radius 2 is 1.93 bits per heavy atom. The number of rotatable bonds is 4. The third-order valence-electron chi connectivity index (χ3n) is 4.85. The van der Waals surface area contributed by atoms with Crippen LogP contribution in [0.2, 0.25) is 0 Å². The van der Waals surface area contributed by atoms with Crippen molar-refractivity contribution in [3.63, 3.8) is 0 Å². The van der Waals surface area contributed by atoms with Crippen LogP contribution in [0.15, 0.2) is 41.0 Å². The Morgan fingerprint density at radius 3 is 2.67 bits per heavy atom. The van der Waals surface area contributed by atoms with E-state index in [9.17, 15) is 19.2 Å². The molecule has 0 unspecified atom stereocenters. The third kappa shape index (κ3) is 3.16. The summed E-state index contributed by atoms with van der Waals surface area (Å²) in [6.07, 6.45) is 3.32. The molecule has 138 valence electrons. The molecule has 4 rings (SSSR count). The molecule has 2 heterocycles. The SMILES string of the molecule is O=C(O[C@@H]1CCCCC1=O)c1ccc2c(c1)C(=O)N(Cc1ccco1)C2=O. The molecule has 1 saturated carbocycles. The number of carbonyl (C=O) groups excluding carboxylic acids is 4. The zero-order valence-corrected chi connectivity index (χ0v) is 14.5. The van der Waals surface area contributed by atoms with E-state index in [1.54, 1.807) is 12.1 Å². The predicted octanol–water partition coefficient (Wildman–Crippen LogP) is 2.74. The molecule has 2 amide bonds. The van der Waals surface area contributed by atoms with E-state index in [0.29, 0.717) is 18.6 Å². The Bertz CT molecular complexity index is 930. The van der Waals surface area contributed by atoms with Crippen molar-refractivity contribution in [1.29, 1.82) is 0 Å². The summed E-state index contributed by atoms with van der Waals surface area (Å²) < 4.78 is 10.5. The van der Waals surface area contributed by atoms with Gasteiger partial charge in [-0.1, -0.05) is 0 Å². The predicted molar refractivity (Wildman–Crippen MR) is 92.0 cm³/mol. The molecular formula is C20H17NO6. The molecule has 1 aliphatic carbocycles. The molecule has 2 aliphatic rings. The number of imide groups is 1. The van der Waals surface area contributed by atoms with Gasteiger partial charge in [0.15, 0.2) is 11.9 Å². The zero-order valence-electron chi connectivity index (χ0n) is 14.5. The van der Waals surface area contributed by atoms with Gasteiger partial charge in [0.2, 0.25) is 0 Å². The van der Waals surface area contributed by atoms with Crippen LogP contribution in [-0.2, 0) is 16.1 Å². The van der Waals surface area contributed by atoms with Crippen molar-refractivity contribution in [1.82, 2.24) is 4.90 Å². The molecule has 0 bridgehead atoms. The summed E-state index contributed by atoms with van der Waals surface area (Å²) in [5.41, 5.74) is 0.529. The molecule has 1 aromatic carbocycles. The van der Waals surface area contributed by atoms with Gasteiger partial charge in [-0.15, -0.1) is 0 Å². The number of ether oxygens (including phenoxy) is 1. The summed E-state index contributed by atoms with van der Waals surface area (Å²) in [6, 6.07) is 7.59. The molecule has 7 heteroatoms. The Hall–Kier alpha value is -3.22. The van der Waals surface area contributed by atoms with Crippen molar-refractivity contribution in [3.8, 4) is 0 Å². The molecular weight excluding hydrogens is 350 g/mol. The minimum atomic E-state index is -0.729. The van der Waals surface area contributed by atoms with Crippen LogP contribution in [0, 0.1) is 0 Å². The number of amides is 2. The highest BCUT2D eigenvalue weighted by Gasteiger charge is 2.37. The van der Waals surface area contributed by atoms with Gasteiger partial charge in [-0.05, 0) is 49.6 Å². The highest BCUT2D eigenvalue weighted by molar-refractivity contribution is 6.21. The van der Waals surface area contributed by atoms with Crippen molar-refractivity contribution >= 4 is 23.6 Å². The van der Waals surface area contributed by atoms with Crippen LogP contribution >= 0.6 is 0 Å². The van der Waals surface area contributed by atoms with Gasteiger partial charge in [0.05, 0.1) is 29.5 Å². The number of carbonyl (C=O) groups is 4. The van der Waals surface area contributed by atoms with Crippen LogP contribution in [0.5, 0.6) is 0 Å². The smallest absolute Gasteiger partial charge is 0.338 e. The van der Waals surface area contributed by atoms with E-state index in [1.165, 1.54) is 24.5 Å². The lowest BCUT2D eigenvalue weighted by atomic mass is 9.96. The minimum absolute atomic E-state index is 0.0235.